The number of rotatable bonds is 12. The zero-order valence-corrected chi connectivity index (χ0v) is 20.7. The van der Waals surface area contributed by atoms with E-state index < -0.39 is 38.5 Å². The van der Waals surface area contributed by atoms with Crippen LogP contribution in [0.3, 0.4) is 0 Å². The van der Waals surface area contributed by atoms with Crippen LogP contribution in [0.2, 0.25) is 0 Å². The first-order valence-corrected chi connectivity index (χ1v) is 12.6. The van der Waals surface area contributed by atoms with E-state index in [2.05, 4.69) is 26.8 Å². The van der Waals surface area contributed by atoms with Crippen molar-refractivity contribution in [3.05, 3.63) is 72.7 Å². The molecule has 4 rings (SSSR count). The van der Waals surface area contributed by atoms with Gasteiger partial charge in [0.15, 0.2) is 28.5 Å². The Hall–Kier alpha value is -4.15. The van der Waals surface area contributed by atoms with Crippen LogP contribution in [0.4, 0.5) is 10.2 Å². The minimum atomic E-state index is -4.42. The molecule has 0 saturated carbocycles. The summed E-state index contributed by atoms with van der Waals surface area (Å²) in [5, 5.41) is 21.1. The molecule has 2 N–H and O–H groups in total. The summed E-state index contributed by atoms with van der Waals surface area (Å²) in [6.45, 7) is 2.08. The fraction of sp³-hybridized carbons (Fsp3) is 0.261. The zero-order valence-electron chi connectivity index (χ0n) is 19.8. The van der Waals surface area contributed by atoms with Crippen molar-refractivity contribution >= 4 is 30.7 Å². The van der Waals surface area contributed by atoms with Gasteiger partial charge in [0.05, 0.1) is 25.7 Å². The second-order valence-corrected chi connectivity index (χ2v) is 9.18. The van der Waals surface area contributed by atoms with Crippen molar-refractivity contribution in [2.24, 2.45) is 0 Å². The minimum Gasteiger partial charge on any atom is -0.465 e. The van der Waals surface area contributed by atoms with Gasteiger partial charge in [0.25, 0.3) is 5.91 Å². The van der Waals surface area contributed by atoms with E-state index in [0.29, 0.717) is 5.56 Å². The predicted octanol–water partition coefficient (Wildman–Crippen LogP) is 3.41. The van der Waals surface area contributed by atoms with E-state index in [-0.39, 0.29) is 42.4 Å². The van der Waals surface area contributed by atoms with Gasteiger partial charge >= 0.3 is 7.82 Å². The fourth-order valence-corrected chi connectivity index (χ4v) is 4.64. The number of hydrogen-bond donors (Lipinski definition) is 2. The highest BCUT2D eigenvalue weighted by Crippen LogP contribution is 2.54. The number of ether oxygens (including phenoxy) is 1. The first kappa shape index (κ1) is 26.9. The van der Waals surface area contributed by atoms with E-state index in [1.165, 1.54) is 17.0 Å². The number of phosphoric acid groups is 1. The van der Waals surface area contributed by atoms with Crippen LogP contribution >= 0.6 is 7.82 Å². The van der Waals surface area contributed by atoms with E-state index in [0.717, 1.165) is 6.33 Å². The van der Waals surface area contributed by atoms with Crippen molar-refractivity contribution in [3.8, 4) is 6.07 Å². The smallest absolute Gasteiger partial charge is 0.465 e. The molecule has 0 saturated heterocycles. The molecule has 3 atom stereocenters. The van der Waals surface area contributed by atoms with Crippen LogP contribution < -0.4 is 5.32 Å². The number of carbonyl (C=O) groups is 1. The number of imidazole rings is 1. The number of benzene rings is 1. The van der Waals surface area contributed by atoms with Gasteiger partial charge in [-0.15, -0.1) is 6.58 Å². The van der Waals surface area contributed by atoms with Gasteiger partial charge in [-0.3, -0.25) is 18.4 Å². The third-order valence-corrected chi connectivity index (χ3v) is 6.49. The van der Waals surface area contributed by atoms with Crippen molar-refractivity contribution in [2.75, 3.05) is 25.1 Å². The molecule has 0 radical (unpaired) electrons. The Bertz CT molecular complexity index is 1440. The van der Waals surface area contributed by atoms with Crippen molar-refractivity contribution in [3.63, 3.8) is 0 Å². The molecule has 13 nitrogen and oxygen atoms in total. The quantitative estimate of drug-likeness (QED) is 0.194. The molecule has 3 heterocycles. The number of amides is 1. The molecular formula is C23H22FN6O7P. The topological polar surface area (TPSA) is 171 Å². The normalized spacial score (nSPS) is 18.4. The maximum absolute atomic E-state index is 15.7. The Balaban J connectivity index is 1.59. The number of anilines is 1. The molecule has 1 aliphatic heterocycles. The minimum absolute atomic E-state index is 0.0797. The molecule has 198 valence electrons. The molecule has 0 spiro atoms. The van der Waals surface area contributed by atoms with Gasteiger partial charge in [0.1, 0.15) is 19.3 Å². The first-order valence-electron chi connectivity index (χ1n) is 11.2. The van der Waals surface area contributed by atoms with E-state index in [4.69, 9.17) is 23.6 Å². The summed E-state index contributed by atoms with van der Waals surface area (Å²) in [7, 11) is -4.42. The zero-order chi connectivity index (χ0) is 27.1. The number of nitrogens with zero attached hydrogens (tertiary/aromatic N) is 5. The molecule has 1 aromatic carbocycles. The number of halogens is 1. The summed E-state index contributed by atoms with van der Waals surface area (Å²) in [4.78, 5) is 25.0. The molecule has 15 heteroatoms. The second-order valence-electron chi connectivity index (χ2n) is 7.59. The molecule has 0 aliphatic carbocycles. The van der Waals surface area contributed by atoms with Gasteiger partial charge < -0.3 is 19.7 Å². The van der Waals surface area contributed by atoms with Gasteiger partial charge in [0.2, 0.25) is 12.4 Å². The third kappa shape index (κ3) is 5.71. The van der Waals surface area contributed by atoms with Crippen LogP contribution in [0.1, 0.15) is 23.0 Å². The molecule has 1 amide bonds. The van der Waals surface area contributed by atoms with Gasteiger partial charge in [0, 0.05) is 5.56 Å². The molecule has 38 heavy (non-hydrogen) atoms. The second kappa shape index (κ2) is 11.9. The van der Waals surface area contributed by atoms with Gasteiger partial charge in [-0.2, -0.15) is 5.26 Å². The number of hydrogen-bond acceptors (Lipinski definition) is 11. The number of carbonyl (C=O) groups excluding carboxylic acids is 1. The molecular weight excluding hydrogens is 522 g/mol. The molecule has 0 fully saturated rings. The number of aliphatic hydroxyl groups is 1. The van der Waals surface area contributed by atoms with E-state index in [1.54, 1.807) is 30.3 Å². The molecule has 0 bridgehead atoms. The van der Waals surface area contributed by atoms with E-state index >= 15 is 4.39 Å². The van der Waals surface area contributed by atoms with Gasteiger partial charge in [-0.05, 0) is 12.1 Å². The Kier molecular flexibility index (Phi) is 8.45. The summed E-state index contributed by atoms with van der Waals surface area (Å²) in [6.07, 6.45) is -0.0644. The predicted molar refractivity (Wildman–Crippen MR) is 130 cm³/mol. The van der Waals surface area contributed by atoms with Crippen LogP contribution in [0.25, 0.3) is 11.2 Å². The number of aliphatic hydroxyl groups excluding tert-OH is 1. The highest BCUT2D eigenvalue weighted by atomic mass is 31.2. The SMILES string of the molecule is C=CCOP(=O)(OCCC#N)OC1=C(CO)O[C@@H](n2cnc3c(NC(=O)c4ccccc4)ncnc32)C1F. The summed E-state index contributed by atoms with van der Waals surface area (Å²) in [5.41, 5.74) is 0.638. The molecule has 2 unspecified atom stereocenters. The fourth-order valence-electron chi connectivity index (χ4n) is 3.42. The lowest BCUT2D eigenvalue weighted by molar-refractivity contribution is 0.0223. The Morgan fingerprint density at radius 2 is 2.11 bits per heavy atom. The summed E-state index contributed by atoms with van der Waals surface area (Å²) >= 11 is 0. The Morgan fingerprint density at radius 1 is 1.32 bits per heavy atom. The monoisotopic (exact) mass is 544 g/mol. The molecule has 1 aliphatic rings. The van der Waals surface area contributed by atoms with Crippen LogP contribution in [-0.2, 0) is 22.9 Å². The number of aromatic nitrogens is 4. The number of fused-ring (bicyclic) bond motifs is 1. The van der Waals surface area contributed by atoms with Crippen LogP contribution in [0, 0.1) is 11.3 Å². The maximum Gasteiger partial charge on any atom is 0.530 e. The summed E-state index contributed by atoms with van der Waals surface area (Å²) in [5.74, 6) is -1.33. The maximum atomic E-state index is 15.7. The highest BCUT2D eigenvalue weighted by Gasteiger charge is 2.45. The average Bonchev–Trinajstić information content (AvgIpc) is 3.49. The van der Waals surface area contributed by atoms with Crippen LogP contribution in [-0.4, -0.2) is 56.5 Å². The molecule has 3 aromatic rings. The van der Waals surface area contributed by atoms with E-state index in [1.807, 2.05) is 6.07 Å². The lowest BCUT2D eigenvalue weighted by Gasteiger charge is -2.20. The largest absolute Gasteiger partial charge is 0.530 e. The van der Waals surface area contributed by atoms with E-state index in [9.17, 15) is 14.5 Å². The first-order chi connectivity index (χ1) is 18.4. The van der Waals surface area contributed by atoms with Crippen LogP contribution in [0.5, 0.6) is 0 Å². The van der Waals surface area contributed by atoms with Crippen LogP contribution in [0.15, 0.2) is 67.2 Å². The van der Waals surface area contributed by atoms with Gasteiger partial charge in [-0.25, -0.2) is 23.9 Å². The lowest BCUT2D eigenvalue weighted by atomic mass is 10.2. The lowest BCUT2D eigenvalue weighted by Crippen LogP contribution is -2.20. The molecule has 2 aromatic heterocycles. The third-order valence-electron chi connectivity index (χ3n) is 5.11. The summed E-state index contributed by atoms with van der Waals surface area (Å²) in [6, 6.07) is 10.2. The number of alkyl halides is 1. The van der Waals surface area contributed by atoms with Crippen molar-refractivity contribution in [2.45, 2.75) is 18.8 Å². The van der Waals surface area contributed by atoms with Gasteiger partial charge in [-0.1, -0.05) is 24.3 Å². The van der Waals surface area contributed by atoms with Crippen molar-refractivity contribution in [1.82, 2.24) is 19.5 Å². The number of phosphoric ester groups is 1. The van der Waals surface area contributed by atoms with Crippen molar-refractivity contribution in [1.29, 1.82) is 5.26 Å². The average molecular weight is 544 g/mol. The Labute approximate surface area is 215 Å². The number of nitriles is 1. The highest BCUT2D eigenvalue weighted by molar-refractivity contribution is 7.48. The Morgan fingerprint density at radius 3 is 2.82 bits per heavy atom. The summed E-state index contributed by atoms with van der Waals surface area (Å²) < 4.78 is 50.9. The standard InChI is InChI=1S/C23H22FN6O7P/c1-2-10-34-38(33,35-11-6-9-25)37-19-16(12-31)36-23(17(19)24)30-14-28-18-20(26-13-27-21(18)30)29-22(32)15-7-4-3-5-8-15/h2-5,7-8,13-14,17,23,31H,1,6,10-12H2,(H,26,27,29,32)/t17?,23-,38?/m1/s1. The number of nitrogens with one attached hydrogen (secondary N) is 1. The van der Waals surface area contributed by atoms with Crippen molar-refractivity contribution < 1.29 is 37.2 Å².